The first kappa shape index (κ1) is 14.8. The predicted octanol–water partition coefficient (Wildman–Crippen LogP) is 1.87. The number of nitrogens with one attached hydrogen (secondary N) is 2. The lowest BCUT2D eigenvalue weighted by Gasteiger charge is -2.22. The summed E-state index contributed by atoms with van der Waals surface area (Å²) in [7, 11) is 1.79. The minimum atomic E-state index is -0.283. The van der Waals surface area contributed by atoms with Gasteiger partial charge in [-0.3, -0.25) is 4.79 Å². The van der Waals surface area contributed by atoms with Crippen LogP contribution < -0.4 is 15.5 Å². The molecule has 2 aliphatic heterocycles. The Balaban J connectivity index is 1.89. The molecule has 2 aliphatic rings. The van der Waals surface area contributed by atoms with Gasteiger partial charge in [-0.15, -0.1) is 0 Å². The molecule has 114 valence electrons. The van der Waals surface area contributed by atoms with Gasteiger partial charge in [0.25, 0.3) is 0 Å². The molecule has 0 saturated carbocycles. The molecule has 21 heavy (non-hydrogen) atoms. The zero-order chi connectivity index (χ0) is 15.1. The van der Waals surface area contributed by atoms with Gasteiger partial charge in [-0.2, -0.15) is 0 Å². The van der Waals surface area contributed by atoms with Crippen molar-refractivity contribution in [2.75, 3.05) is 30.4 Å². The standard InChI is InChI=1S/C15H20BrN3O2/c1-8(20)9-3-4-19(7-9)13-6-12-10(5-11(13)16)14(17-2)15(21)18-12/h5-6,8-9,14,17,20H,3-4,7H2,1-2H3,(H,18,21). The van der Waals surface area contributed by atoms with Gasteiger partial charge in [0.1, 0.15) is 6.04 Å². The zero-order valence-corrected chi connectivity index (χ0v) is 13.8. The van der Waals surface area contributed by atoms with Crippen LogP contribution in [-0.2, 0) is 4.79 Å². The largest absolute Gasteiger partial charge is 0.393 e. The first-order chi connectivity index (χ1) is 10.0. The second kappa shape index (κ2) is 5.59. The van der Waals surface area contributed by atoms with Crippen LogP contribution in [-0.4, -0.2) is 37.3 Å². The summed E-state index contributed by atoms with van der Waals surface area (Å²) < 4.78 is 0.990. The summed E-state index contributed by atoms with van der Waals surface area (Å²) in [6.07, 6.45) is 0.712. The Morgan fingerprint density at radius 2 is 2.29 bits per heavy atom. The Hall–Kier alpha value is -1.11. The second-order valence-corrected chi connectivity index (χ2v) is 6.69. The number of rotatable bonds is 3. The number of likely N-dealkylation sites (N-methyl/N-ethyl adjacent to an activating group) is 1. The fraction of sp³-hybridized carbons (Fsp3) is 0.533. The quantitative estimate of drug-likeness (QED) is 0.776. The highest BCUT2D eigenvalue weighted by Gasteiger charge is 2.32. The number of hydrogen-bond acceptors (Lipinski definition) is 4. The van der Waals surface area contributed by atoms with E-state index in [1.165, 1.54) is 0 Å². The fourth-order valence-corrected chi connectivity index (χ4v) is 3.81. The van der Waals surface area contributed by atoms with Gasteiger partial charge < -0.3 is 20.6 Å². The summed E-state index contributed by atoms with van der Waals surface area (Å²) in [5.41, 5.74) is 2.93. The van der Waals surface area contributed by atoms with Crippen molar-refractivity contribution in [1.82, 2.24) is 5.32 Å². The van der Waals surface area contributed by atoms with Gasteiger partial charge in [0, 0.05) is 34.7 Å². The van der Waals surface area contributed by atoms with Gasteiger partial charge in [0.2, 0.25) is 5.91 Å². The summed E-state index contributed by atoms with van der Waals surface area (Å²) >= 11 is 3.62. The molecule has 1 saturated heterocycles. The molecule has 0 aromatic heterocycles. The van der Waals surface area contributed by atoms with Crippen LogP contribution in [0.5, 0.6) is 0 Å². The van der Waals surface area contributed by atoms with E-state index in [1.807, 2.05) is 19.1 Å². The van der Waals surface area contributed by atoms with E-state index in [9.17, 15) is 9.90 Å². The van der Waals surface area contributed by atoms with Gasteiger partial charge in [-0.25, -0.2) is 0 Å². The van der Waals surface area contributed by atoms with Crippen molar-refractivity contribution in [1.29, 1.82) is 0 Å². The summed E-state index contributed by atoms with van der Waals surface area (Å²) in [6, 6.07) is 3.76. The van der Waals surface area contributed by atoms with Crippen LogP contribution >= 0.6 is 15.9 Å². The van der Waals surface area contributed by atoms with Gasteiger partial charge >= 0.3 is 0 Å². The topological polar surface area (TPSA) is 64.6 Å². The molecule has 2 heterocycles. The lowest BCUT2D eigenvalue weighted by molar-refractivity contribution is -0.117. The SMILES string of the molecule is CNC1C(=O)Nc2cc(N3CCC(C(C)O)C3)c(Br)cc21. The molecule has 1 aromatic carbocycles. The molecule has 6 heteroatoms. The van der Waals surface area contributed by atoms with Crippen molar-refractivity contribution in [3.63, 3.8) is 0 Å². The van der Waals surface area contributed by atoms with Crippen molar-refractivity contribution >= 4 is 33.2 Å². The maximum Gasteiger partial charge on any atom is 0.246 e. The molecular formula is C15H20BrN3O2. The number of aliphatic hydroxyl groups is 1. The summed E-state index contributed by atoms with van der Waals surface area (Å²) in [6.45, 7) is 3.62. The van der Waals surface area contributed by atoms with Crippen LogP contribution in [0.4, 0.5) is 11.4 Å². The molecule has 3 atom stereocenters. The lowest BCUT2D eigenvalue weighted by atomic mass is 10.0. The van der Waals surface area contributed by atoms with E-state index in [-0.39, 0.29) is 18.1 Å². The molecule has 1 aromatic rings. The van der Waals surface area contributed by atoms with Crippen molar-refractivity contribution in [3.8, 4) is 0 Å². The van der Waals surface area contributed by atoms with Gasteiger partial charge in [0.05, 0.1) is 11.8 Å². The van der Waals surface area contributed by atoms with Crippen LogP contribution in [0, 0.1) is 5.92 Å². The first-order valence-corrected chi connectivity index (χ1v) is 8.05. The molecule has 0 radical (unpaired) electrons. The third-order valence-electron chi connectivity index (χ3n) is 4.49. The van der Waals surface area contributed by atoms with E-state index < -0.39 is 0 Å². The number of fused-ring (bicyclic) bond motifs is 1. The van der Waals surface area contributed by atoms with Crippen LogP contribution in [0.2, 0.25) is 0 Å². The highest BCUT2D eigenvalue weighted by molar-refractivity contribution is 9.10. The van der Waals surface area contributed by atoms with Crippen LogP contribution in [0.15, 0.2) is 16.6 Å². The monoisotopic (exact) mass is 353 g/mol. The van der Waals surface area contributed by atoms with E-state index in [4.69, 9.17) is 0 Å². The Morgan fingerprint density at radius 3 is 2.90 bits per heavy atom. The molecule has 0 bridgehead atoms. The van der Waals surface area contributed by atoms with E-state index in [0.717, 1.165) is 40.9 Å². The van der Waals surface area contributed by atoms with Crippen molar-refractivity contribution in [2.45, 2.75) is 25.5 Å². The van der Waals surface area contributed by atoms with Crippen LogP contribution in [0.25, 0.3) is 0 Å². The first-order valence-electron chi connectivity index (χ1n) is 7.26. The van der Waals surface area contributed by atoms with Crippen molar-refractivity contribution < 1.29 is 9.90 Å². The molecule has 0 aliphatic carbocycles. The average Bonchev–Trinajstić information content (AvgIpc) is 3.01. The van der Waals surface area contributed by atoms with Gasteiger partial charge in [0.15, 0.2) is 0 Å². The van der Waals surface area contributed by atoms with Crippen molar-refractivity contribution in [3.05, 3.63) is 22.2 Å². The molecule has 3 rings (SSSR count). The van der Waals surface area contributed by atoms with E-state index >= 15 is 0 Å². The summed E-state index contributed by atoms with van der Waals surface area (Å²) in [5, 5.41) is 15.7. The van der Waals surface area contributed by atoms with Crippen molar-refractivity contribution in [2.24, 2.45) is 5.92 Å². The predicted molar refractivity (Wildman–Crippen MR) is 86.6 cm³/mol. The van der Waals surface area contributed by atoms with Gasteiger partial charge in [-0.1, -0.05) is 0 Å². The molecule has 1 fully saturated rings. The highest BCUT2D eigenvalue weighted by atomic mass is 79.9. The second-order valence-electron chi connectivity index (χ2n) is 5.84. The summed E-state index contributed by atoms with van der Waals surface area (Å²) in [5.74, 6) is 0.296. The number of aliphatic hydroxyl groups excluding tert-OH is 1. The minimum Gasteiger partial charge on any atom is -0.393 e. The summed E-state index contributed by atoms with van der Waals surface area (Å²) in [4.78, 5) is 14.2. The third kappa shape index (κ3) is 2.56. The molecule has 3 unspecified atom stereocenters. The van der Waals surface area contributed by atoms with E-state index in [0.29, 0.717) is 5.92 Å². The average molecular weight is 354 g/mol. The molecule has 3 N–H and O–H groups in total. The Bertz CT molecular complexity index is 576. The molecule has 0 spiro atoms. The number of halogens is 1. The number of hydrogen-bond donors (Lipinski definition) is 3. The van der Waals surface area contributed by atoms with E-state index in [2.05, 4.69) is 31.5 Å². The Morgan fingerprint density at radius 1 is 1.52 bits per heavy atom. The Labute approximate surface area is 132 Å². The molecule has 5 nitrogen and oxygen atoms in total. The number of carbonyl (C=O) groups excluding carboxylic acids is 1. The number of anilines is 2. The minimum absolute atomic E-state index is 0.0140. The smallest absolute Gasteiger partial charge is 0.246 e. The highest BCUT2D eigenvalue weighted by Crippen LogP contribution is 2.40. The maximum absolute atomic E-state index is 11.9. The normalized spacial score (nSPS) is 25.9. The van der Waals surface area contributed by atoms with Crippen LogP contribution in [0.1, 0.15) is 24.9 Å². The zero-order valence-electron chi connectivity index (χ0n) is 12.2. The molecule has 1 amide bonds. The lowest BCUT2D eigenvalue weighted by Crippen LogP contribution is -2.24. The number of benzene rings is 1. The number of nitrogens with zero attached hydrogens (tertiary/aromatic N) is 1. The van der Waals surface area contributed by atoms with Gasteiger partial charge in [-0.05, 0) is 48.5 Å². The number of carbonyl (C=O) groups is 1. The third-order valence-corrected chi connectivity index (χ3v) is 5.12. The van der Waals surface area contributed by atoms with E-state index in [1.54, 1.807) is 7.05 Å². The Kier molecular flexibility index (Phi) is 3.94. The molecular weight excluding hydrogens is 334 g/mol. The number of amides is 1. The fourth-order valence-electron chi connectivity index (χ4n) is 3.20. The van der Waals surface area contributed by atoms with Crippen LogP contribution in [0.3, 0.4) is 0 Å². The maximum atomic E-state index is 11.9.